The van der Waals surface area contributed by atoms with E-state index in [4.69, 9.17) is 0 Å². The Kier molecular flexibility index (Phi) is 5.37. The van der Waals surface area contributed by atoms with Gasteiger partial charge in [0.15, 0.2) is 5.13 Å². The molecule has 1 N–H and O–H groups in total. The molecule has 6 heteroatoms. The number of carbonyl (C=O) groups excluding carboxylic acids is 1. The summed E-state index contributed by atoms with van der Waals surface area (Å²) in [6.07, 6.45) is 3.69. The van der Waals surface area contributed by atoms with Crippen LogP contribution in [0, 0.1) is 0 Å². The lowest BCUT2D eigenvalue weighted by Crippen LogP contribution is -2.36. The van der Waals surface area contributed by atoms with Gasteiger partial charge in [-0.05, 0) is 26.8 Å². The second-order valence-corrected chi connectivity index (χ2v) is 6.20. The van der Waals surface area contributed by atoms with E-state index >= 15 is 0 Å². The summed E-state index contributed by atoms with van der Waals surface area (Å²) in [7, 11) is 3.60. The summed E-state index contributed by atoms with van der Waals surface area (Å²) in [5.74, 6) is -0.188. The van der Waals surface area contributed by atoms with Crippen molar-refractivity contribution >= 4 is 22.4 Å². The summed E-state index contributed by atoms with van der Waals surface area (Å²) < 4.78 is 4.63. The van der Waals surface area contributed by atoms with Gasteiger partial charge in [-0.15, -0.1) is 11.3 Å². The highest BCUT2D eigenvalue weighted by Crippen LogP contribution is 2.27. The molecule has 0 radical (unpaired) electrons. The van der Waals surface area contributed by atoms with E-state index < -0.39 is 0 Å². The number of thiazole rings is 1. The van der Waals surface area contributed by atoms with Crippen LogP contribution in [-0.2, 0) is 16.0 Å². The number of aromatic nitrogens is 1. The fraction of sp³-hybridized carbons (Fsp3) is 0.714. The topological polar surface area (TPSA) is 54.5 Å². The molecule has 1 unspecified atom stereocenters. The number of rotatable bonds is 8. The molecule has 1 heterocycles. The van der Waals surface area contributed by atoms with Crippen LogP contribution < -0.4 is 5.32 Å². The predicted octanol–water partition coefficient (Wildman–Crippen LogP) is 2.14. The van der Waals surface area contributed by atoms with Gasteiger partial charge in [0.1, 0.15) is 0 Å². The summed E-state index contributed by atoms with van der Waals surface area (Å²) in [6, 6.07) is 1.28. The number of likely N-dealkylation sites (N-methyl/N-ethyl adjacent to an activating group) is 1. The first-order chi connectivity index (χ1) is 9.60. The van der Waals surface area contributed by atoms with E-state index in [1.54, 1.807) is 11.3 Å². The number of hydrogen-bond acceptors (Lipinski definition) is 6. The molecule has 0 bridgehead atoms. The molecule has 0 spiro atoms. The van der Waals surface area contributed by atoms with Crippen molar-refractivity contribution in [3.05, 3.63) is 11.1 Å². The lowest BCUT2D eigenvalue weighted by molar-refractivity contribution is -0.140. The van der Waals surface area contributed by atoms with Crippen LogP contribution in [0.2, 0.25) is 0 Å². The Morgan fingerprint density at radius 1 is 1.65 bits per heavy atom. The average Bonchev–Trinajstić information content (AvgIpc) is 3.21. The summed E-state index contributed by atoms with van der Waals surface area (Å²) in [5, 5.41) is 6.31. The van der Waals surface area contributed by atoms with Gasteiger partial charge in [-0.2, -0.15) is 0 Å². The van der Waals surface area contributed by atoms with Crippen LogP contribution in [0.3, 0.4) is 0 Å². The maximum absolute atomic E-state index is 11.1. The third kappa shape index (κ3) is 4.45. The van der Waals surface area contributed by atoms with Gasteiger partial charge >= 0.3 is 5.97 Å². The zero-order valence-corrected chi connectivity index (χ0v) is 13.2. The van der Waals surface area contributed by atoms with Crippen LogP contribution in [0.4, 0.5) is 5.13 Å². The highest BCUT2D eigenvalue weighted by Gasteiger charge is 2.28. The molecule has 1 fully saturated rings. The van der Waals surface area contributed by atoms with E-state index in [1.165, 1.54) is 20.0 Å². The number of hydrogen-bond donors (Lipinski definition) is 1. The second kappa shape index (κ2) is 7.04. The van der Waals surface area contributed by atoms with Crippen molar-refractivity contribution in [2.75, 3.05) is 26.0 Å². The van der Waals surface area contributed by atoms with Crippen molar-refractivity contribution in [3.63, 3.8) is 0 Å². The van der Waals surface area contributed by atoms with Gasteiger partial charge in [-0.1, -0.05) is 0 Å². The van der Waals surface area contributed by atoms with Gasteiger partial charge in [0.25, 0.3) is 0 Å². The van der Waals surface area contributed by atoms with E-state index in [1.807, 2.05) is 5.38 Å². The van der Waals surface area contributed by atoms with Crippen LogP contribution in [0.25, 0.3) is 0 Å². The molecule has 0 saturated heterocycles. The average molecular weight is 297 g/mol. The molecule has 1 saturated carbocycles. The fourth-order valence-corrected chi connectivity index (χ4v) is 2.81. The largest absolute Gasteiger partial charge is 0.469 e. The summed E-state index contributed by atoms with van der Waals surface area (Å²) >= 11 is 1.59. The summed E-state index contributed by atoms with van der Waals surface area (Å²) in [4.78, 5) is 18.0. The minimum Gasteiger partial charge on any atom is -0.469 e. The number of carbonyl (C=O) groups is 1. The molecule has 1 aliphatic rings. The monoisotopic (exact) mass is 297 g/mol. The highest BCUT2D eigenvalue weighted by molar-refractivity contribution is 7.13. The van der Waals surface area contributed by atoms with E-state index in [-0.39, 0.29) is 5.97 Å². The van der Waals surface area contributed by atoms with Crippen molar-refractivity contribution in [1.82, 2.24) is 9.88 Å². The molecule has 0 aliphatic heterocycles. The zero-order valence-electron chi connectivity index (χ0n) is 12.4. The van der Waals surface area contributed by atoms with E-state index in [9.17, 15) is 4.79 Å². The van der Waals surface area contributed by atoms with E-state index in [0.717, 1.165) is 23.4 Å². The molecule has 2 rings (SSSR count). The zero-order chi connectivity index (χ0) is 14.5. The smallest absolute Gasteiger partial charge is 0.305 e. The number of methoxy groups -OCH3 is 1. The summed E-state index contributed by atoms with van der Waals surface area (Å²) in [5.41, 5.74) is 0.950. The molecule has 0 amide bonds. The number of nitrogens with one attached hydrogen (secondary N) is 1. The minimum atomic E-state index is -0.188. The van der Waals surface area contributed by atoms with Crippen LogP contribution in [0.1, 0.15) is 31.9 Å². The van der Waals surface area contributed by atoms with Gasteiger partial charge in [-0.25, -0.2) is 4.98 Å². The lowest BCUT2D eigenvalue weighted by atomic mass is 10.2. The van der Waals surface area contributed by atoms with E-state index in [2.05, 4.69) is 33.9 Å². The fourth-order valence-electron chi connectivity index (χ4n) is 2.06. The molecular formula is C14H23N3O2S. The Morgan fingerprint density at radius 3 is 3.05 bits per heavy atom. The Balaban J connectivity index is 1.73. The molecule has 1 aromatic rings. The predicted molar refractivity (Wildman–Crippen MR) is 81.2 cm³/mol. The number of anilines is 1. The van der Waals surface area contributed by atoms with Crippen LogP contribution in [0.5, 0.6) is 0 Å². The van der Waals surface area contributed by atoms with E-state index in [0.29, 0.717) is 18.9 Å². The van der Waals surface area contributed by atoms with Gasteiger partial charge in [0, 0.05) is 30.4 Å². The molecule has 1 aliphatic carbocycles. The number of aryl methyl sites for hydroxylation is 1. The number of nitrogens with zero attached hydrogens (tertiary/aromatic N) is 2. The van der Waals surface area contributed by atoms with Crippen LogP contribution in [0.15, 0.2) is 5.38 Å². The van der Waals surface area contributed by atoms with Crippen molar-refractivity contribution in [2.45, 2.75) is 44.7 Å². The first kappa shape index (κ1) is 15.3. The molecule has 112 valence electrons. The standard InChI is InChI=1S/C14H23N3O2S/c1-10(17(2)12-5-6-12)8-15-14-16-11(9-20-14)4-7-13(18)19-3/h9-10,12H,4-8H2,1-3H3,(H,15,16). The molecule has 5 nitrogen and oxygen atoms in total. The first-order valence-corrected chi connectivity index (χ1v) is 7.95. The molecule has 1 aromatic heterocycles. The van der Waals surface area contributed by atoms with Crippen molar-refractivity contribution in [1.29, 1.82) is 0 Å². The third-order valence-corrected chi connectivity index (χ3v) is 4.58. The van der Waals surface area contributed by atoms with Crippen molar-refractivity contribution in [3.8, 4) is 0 Å². The minimum absolute atomic E-state index is 0.188. The molecule has 0 aromatic carbocycles. The van der Waals surface area contributed by atoms with Gasteiger partial charge in [-0.3, -0.25) is 9.69 Å². The Labute approximate surface area is 124 Å². The van der Waals surface area contributed by atoms with Crippen LogP contribution >= 0.6 is 11.3 Å². The quantitative estimate of drug-likeness (QED) is 0.745. The number of ether oxygens (including phenoxy) is 1. The normalized spacial score (nSPS) is 16.2. The third-order valence-electron chi connectivity index (χ3n) is 3.73. The maximum atomic E-state index is 11.1. The SMILES string of the molecule is COC(=O)CCc1csc(NCC(C)N(C)C2CC2)n1. The molecular weight excluding hydrogens is 274 g/mol. The Morgan fingerprint density at radius 2 is 2.40 bits per heavy atom. The van der Waals surface area contributed by atoms with Crippen LogP contribution in [-0.4, -0.2) is 48.6 Å². The Bertz CT molecular complexity index is 445. The molecule has 1 atom stereocenters. The van der Waals surface area contributed by atoms with Crippen molar-refractivity contribution < 1.29 is 9.53 Å². The van der Waals surface area contributed by atoms with Crippen molar-refractivity contribution in [2.24, 2.45) is 0 Å². The second-order valence-electron chi connectivity index (χ2n) is 5.35. The highest BCUT2D eigenvalue weighted by atomic mass is 32.1. The summed E-state index contributed by atoms with van der Waals surface area (Å²) in [6.45, 7) is 3.13. The van der Waals surface area contributed by atoms with Gasteiger partial charge < -0.3 is 10.1 Å². The van der Waals surface area contributed by atoms with Gasteiger partial charge in [0.05, 0.1) is 19.2 Å². The maximum Gasteiger partial charge on any atom is 0.305 e. The molecule has 20 heavy (non-hydrogen) atoms. The Hall–Kier alpha value is -1.14. The lowest BCUT2D eigenvalue weighted by Gasteiger charge is -2.24. The first-order valence-electron chi connectivity index (χ1n) is 7.07. The van der Waals surface area contributed by atoms with Gasteiger partial charge in [0.2, 0.25) is 0 Å². The number of esters is 1.